The molecule has 8 nitrogen and oxygen atoms in total. The first-order valence-corrected chi connectivity index (χ1v) is 11.2. The molecule has 0 spiro atoms. The van der Waals surface area contributed by atoms with E-state index in [-0.39, 0.29) is 23.7 Å². The lowest BCUT2D eigenvalue weighted by molar-refractivity contribution is -0.180. The van der Waals surface area contributed by atoms with Gasteiger partial charge in [-0.1, -0.05) is 43.3 Å². The van der Waals surface area contributed by atoms with Gasteiger partial charge in [0.15, 0.2) is 11.4 Å². The lowest BCUT2D eigenvalue weighted by atomic mass is 9.68. The zero-order valence-corrected chi connectivity index (χ0v) is 18.6. The van der Waals surface area contributed by atoms with Crippen LogP contribution in [0.5, 0.6) is 0 Å². The molecular weight excluding hydrogens is 420 g/mol. The molecule has 3 N–H and O–H groups in total. The van der Waals surface area contributed by atoms with Crippen molar-refractivity contribution in [1.82, 2.24) is 10.2 Å². The van der Waals surface area contributed by atoms with E-state index in [0.717, 1.165) is 28.6 Å². The van der Waals surface area contributed by atoms with Gasteiger partial charge in [0.1, 0.15) is 0 Å². The molecule has 5 rings (SSSR count). The molecule has 2 amide bonds. The van der Waals surface area contributed by atoms with Crippen molar-refractivity contribution in [3.63, 3.8) is 0 Å². The van der Waals surface area contributed by atoms with Gasteiger partial charge in [-0.05, 0) is 23.8 Å². The minimum Gasteiger partial charge on any atom is -0.449 e. The zero-order chi connectivity index (χ0) is 23.3. The molecule has 3 aromatic rings. The summed E-state index contributed by atoms with van der Waals surface area (Å²) in [7, 11) is 0. The Hall–Kier alpha value is -3.68. The predicted octanol–water partition coefficient (Wildman–Crippen LogP) is 3.55. The van der Waals surface area contributed by atoms with Crippen LogP contribution in [-0.4, -0.2) is 33.6 Å². The summed E-state index contributed by atoms with van der Waals surface area (Å²) in [4.78, 5) is 38.6. The second-order valence-electron chi connectivity index (χ2n) is 9.24. The molecule has 8 heteroatoms. The number of fused-ring (bicyclic) bond motifs is 1. The highest BCUT2D eigenvalue weighted by Gasteiger charge is 2.55. The summed E-state index contributed by atoms with van der Waals surface area (Å²) in [6.45, 7) is 3.48. The van der Waals surface area contributed by atoms with Gasteiger partial charge in [0, 0.05) is 42.8 Å². The summed E-state index contributed by atoms with van der Waals surface area (Å²) < 4.78 is 5.58. The number of anilines is 2. The number of carbonyl (C=O) groups is 3. The number of amides is 2. The summed E-state index contributed by atoms with van der Waals surface area (Å²) in [5, 5.41) is 9.34. The van der Waals surface area contributed by atoms with Crippen molar-refractivity contribution in [2.45, 2.75) is 44.6 Å². The molecule has 0 saturated heterocycles. The minimum absolute atomic E-state index is 0.0792. The Balaban J connectivity index is 1.38. The first-order valence-electron chi connectivity index (χ1n) is 11.2. The van der Waals surface area contributed by atoms with Gasteiger partial charge in [0.2, 0.25) is 5.91 Å². The van der Waals surface area contributed by atoms with Crippen molar-refractivity contribution in [2.75, 3.05) is 4.90 Å². The molecule has 1 aromatic heterocycles. The van der Waals surface area contributed by atoms with Crippen molar-refractivity contribution in [3.8, 4) is 0 Å². The Bertz CT molecular complexity index is 1250. The van der Waals surface area contributed by atoms with E-state index in [1.54, 1.807) is 4.90 Å². The molecule has 33 heavy (non-hydrogen) atoms. The monoisotopic (exact) mass is 446 g/mol. The van der Waals surface area contributed by atoms with Gasteiger partial charge in [-0.3, -0.25) is 24.4 Å². The highest BCUT2D eigenvalue weighted by atomic mass is 16.6. The molecule has 2 aliphatic rings. The molecule has 1 heterocycles. The van der Waals surface area contributed by atoms with Crippen molar-refractivity contribution in [1.29, 1.82) is 0 Å². The molecule has 170 valence electrons. The van der Waals surface area contributed by atoms with Crippen LogP contribution >= 0.6 is 0 Å². The van der Waals surface area contributed by atoms with E-state index in [1.165, 1.54) is 6.92 Å². The van der Waals surface area contributed by atoms with Crippen molar-refractivity contribution in [3.05, 3.63) is 54.2 Å². The van der Waals surface area contributed by atoms with Crippen LogP contribution in [0, 0.1) is 11.8 Å². The number of nitrogens with one attached hydrogen (secondary N) is 1. The first kappa shape index (κ1) is 21.2. The Morgan fingerprint density at radius 2 is 1.85 bits per heavy atom. The summed E-state index contributed by atoms with van der Waals surface area (Å²) in [5.41, 5.74) is 5.84. The SMILES string of the molecule is CC(=O)N(c1cc(C2CC(OC(=O)C3CC3C)(C(N)=O)C2)[nH]n1)c1cccc2ccccc12. The van der Waals surface area contributed by atoms with Gasteiger partial charge < -0.3 is 10.5 Å². The van der Waals surface area contributed by atoms with E-state index in [2.05, 4.69) is 10.2 Å². The van der Waals surface area contributed by atoms with E-state index in [1.807, 2.05) is 55.5 Å². The smallest absolute Gasteiger partial charge is 0.310 e. The summed E-state index contributed by atoms with van der Waals surface area (Å²) in [6.07, 6.45) is 1.38. The maximum Gasteiger partial charge on any atom is 0.310 e. The first-order chi connectivity index (χ1) is 15.8. The zero-order valence-electron chi connectivity index (χ0n) is 18.6. The number of benzene rings is 2. The van der Waals surface area contributed by atoms with E-state index in [4.69, 9.17) is 10.5 Å². The molecule has 2 saturated carbocycles. The highest BCUT2D eigenvalue weighted by Crippen LogP contribution is 2.49. The molecule has 2 unspecified atom stereocenters. The number of nitrogens with two attached hydrogens (primary N) is 1. The lowest BCUT2D eigenvalue weighted by Gasteiger charge is -2.43. The number of ether oxygens (including phenoxy) is 1. The Morgan fingerprint density at radius 3 is 2.52 bits per heavy atom. The minimum atomic E-state index is -1.27. The molecule has 0 bridgehead atoms. The van der Waals surface area contributed by atoms with Crippen LogP contribution in [0.3, 0.4) is 0 Å². The van der Waals surface area contributed by atoms with E-state index in [9.17, 15) is 14.4 Å². The second kappa shape index (κ2) is 7.72. The van der Waals surface area contributed by atoms with Crippen molar-refractivity contribution >= 4 is 40.1 Å². The molecule has 0 aliphatic heterocycles. The molecule has 2 fully saturated rings. The molecule has 2 aromatic carbocycles. The van der Waals surface area contributed by atoms with E-state index >= 15 is 0 Å². The number of rotatable bonds is 6. The Kier molecular flexibility index (Phi) is 4.96. The van der Waals surface area contributed by atoms with Crippen LogP contribution in [0.4, 0.5) is 11.5 Å². The van der Waals surface area contributed by atoms with E-state index in [0.29, 0.717) is 24.6 Å². The van der Waals surface area contributed by atoms with Crippen LogP contribution in [-0.2, 0) is 19.1 Å². The third kappa shape index (κ3) is 3.65. The summed E-state index contributed by atoms with van der Waals surface area (Å²) >= 11 is 0. The number of H-pyrrole nitrogens is 1. The quantitative estimate of drug-likeness (QED) is 0.562. The fourth-order valence-corrected chi connectivity index (χ4v) is 4.72. The number of carbonyl (C=O) groups excluding carboxylic acids is 3. The maximum absolute atomic E-state index is 12.6. The van der Waals surface area contributed by atoms with Crippen LogP contribution in [0.15, 0.2) is 48.5 Å². The number of aromatic amines is 1. The summed E-state index contributed by atoms with van der Waals surface area (Å²) in [5.74, 6) is -0.593. The highest BCUT2D eigenvalue weighted by molar-refractivity contribution is 6.07. The molecular formula is C25H26N4O4. The number of hydrogen-bond donors (Lipinski definition) is 2. The molecule has 2 aliphatic carbocycles. The maximum atomic E-state index is 12.6. The number of aromatic nitrogens is 2. The normalized spacial score (nSPS) is 25.8. The topological polar surface area (TPSA) is 118 Å². The van der Waals surface area contributed by atoms with Gasteiger partial charge in [0.05, 0.1) is 11.6 Å². The average Bonchev–Trinajstić information content (AvgIpc) is 3.31. The lowest BCUT2D eigenvalue weighted by Crippen LogP contribution is -2.56. The fourth-order valence-electron chi connectivity index (χ4n) is 4.72. The van der Waals surface area contributed by atoms with Crippen LogP contribution in [0.25, 0.3) is 10.8 Å². The van der Waals surface area contributed by atoms with Gasteiger partial charge >= 0.3 is 5.97 Å². The number of nitrogens with zero attached hydrogens (tertiary/aromatic N) is 2. The predicted molar refractivity (Wildman–Crippen MR) is 123 cm³/mol. The Morgan fingerprint density at radius 1 is 1.15 bits per heavy atom. The van der Waals surface area contributed by atoms with Gasteiger partial charge in [0.25, 0.3) is 5.91 Å². The summed E-state index contributed by atoms with van der Waals surface area (Å²) in [6, 6.07) is 15.4. The van der Waals surface area contributed by atoms with E-state index < -0.39 is 11.5 Å². The van der Waals surface area contributed by atoms with Crippen LogP contribution < -0.4 is 10.6 Å². The van der Waals surface area contributed by atoms with Crippen LogP contribution in [0.2, 0.25) is 0 Å². The standard InChI is InChI=1S/C25H26N4O4/c1-14-10-19(14)23(31)33-25(24(26)32)12-17(13-25)20-11-22(28-27-20)29(15(2)30)21-9-5-7-16-6-3-4-8-18(16)21/h3-9,11,14,17,19H,10,12-13H2,1-2H3,(H2,26,32)(H,27,28). The molecule has 2 atom stereocenters. The number of esters is 1. The van der Waals surface area contributed by atoms with Gasteiger partial charge in [-0.25, -0.2) is 0 Å². The number of hydrogen-bond acceptors (Lipinski definition) is 5. The van der Waals surface area contributed by atoms with Crippen molar-refractivity contribution in [2.24, 2.45) is 17.6 Å². The van der Waals surface area contributed by atoms with Crippen LogP contribution in [0.1, 0.15) is 44.7 Å². The van der Waals surface area contributed by atoms with Gasteiger partial charge in [-0.15, -0.1) is 0 Å². The number of primary amides is 1. The Labute approximate surface area is 191 Å². The third-order valence-electron chi connectivity index (χ3n) is 6.89. The van der Waals surface area contributed by atoms with Gasteiger partial charge in [-0.2, -0.15) is 5.10 Å². The fraction of sp³-hybridized carbons (Fsp3) is 0.360. The second-order valence-corrected chi connectivity index (χ2v) is 9.24. The van der Waals surface area contributed by atoms with Crippen molar-refractivity contribution < 1.29 is 19.1 Å². The third-order valence-corrected chi connectivity index (χ3v) is 6.89. The molecule has 0 radical (unpaired) electrons. The average molecular weight is 447 g/mol. The largest absolute Gasteiger partial charge is 0.449 e.